The molecular weight excluding hydrogens is 452 g/mol. The third-order valence-electron chi connectivity index (χ3n) is 4.91. The molecule has 3 aromatic rings. The van der Waals surface area contributed by atoms with Crippen LogP contribution in [0.25, 0.3) is 11.1 Å². The molecule has 0 bridgehead atoms. The van der Waals surface area contributed by atoms with Crippen LogP contribution < -0.4 is 10.2 Å². The van der Waals surface area contributed by atoms with Crippen molar-refractivity contribution in [3.63, 3.8) is 0 Å². The van der Waals surface area contributed by atoms with Gasteiger partial charge < -0.3 is 4.74 Å². The van der Waals surface area contributed by atoms with E-state index in [0.717, 1.165) is 26.9 Å². The summed E-state index contributed by atoms with van der Waals surface area (Å²) in [4.78, 5) is 12.2. The third-order valence-corrected chi connectivity index (χ3v) is 5.53. The van der Waals surface area contributed by atoms with Crippen LogP contribution in [0.15, 0.2) is 82.4 Å². The molecule has 1 N–H and O–H groups in total. The van der Waals surface area contributed by atoms with E-state index in [4.69, 9.17) is 4.74 Å². The number of ether oxygens (including phenoxy) is 1. The SMILES string of the molecule is C/C(=N\NC(=O)COc1ccc(C(C)(C)C)cc1Br)c1ccc(-c2ccccc2)cc1. The Kier molecular flexibility index (Phi) is 7.29. The van der Waals surface area contributed by atoms with Gasteiger partial charge in [0.1, 0.15) is 5.75 Å². The van der Waals surface area contributed by atoms with Crippen molar-refractivity contribution in [2.24, 2.45) is 5.10 Å². The molecular formula is C26H27BrN2O2. The summed E-state index contributed by atoms with van der Waals surface area (Å²) in [5.41, 5.74) is 7.77. The molecule has 0 saturated heterocycles. The van der Waals surface area contributed by atoms with E-state index in [-0.39, 0.29) is 17.9 Å². The summed E-state index contributed by atoms with van der Waals surface area (Å²) in [6.45, 7) is 8.20. The van der Waals surface area contributed by atoms with Crippen molar-refractivity contribution in [2.45, 2.75) is 33.1 Å². The minimum atomic E-state index is -0.313. The van der Waals surface area contributed by atoms with Crippen LogP contribution in [0.2, 0.25) is 0 Å². The van der Waals surface area contributed by atoms with E-state index in [1.54, 1.807) is 0 Å². The van der Waals surface area contributed by atoms with E-state index in [1.807, 2.05) is 67.6 Å². The van der Waals surface area contributed by atoms with Crippen LogP contribution in [-0.4, -0.2) is 18.2 Å². The standard InChI is InChI=1S/C26H27BrN2O2/c1-18(19-10-12-21(13-11-19)20-8-6-5-7-9-20)28-29-25(30)17-31-24-15-14-22(16-23(24)27)26(2,3)4/h5-16H,17H2,1-4H3,(H,29,30)/b28-18+. The van der Waals surface area contributed by atoms with Gasteiger partial charge in [0, 0.05) is 0 Å². The van der Waals surface area contributed by atoms with Crippen LogP contribution >= 0.6 is 15.9 Å². The van der Waals surface area contributed by atoms with Gasteiger partial charge in [-0.25, -0.2) is 5.43 Å². The zero-order valence-corrected chi connectivity index (χ0v) is 19.9. The van der Waals surface area contributed by atoms with Gasteiger partial charge >= 0.3 is 0 Å². The molecule has 0 aliphatic heterocycles. The summed E-state index contributed by atoms with van der Waals surface area (Å²) >= 11 is 3.52. The van der Waals surface area contributed by atoms with Crippen molar-refractivity contribution >= 4 is 27.5 Å². The second-order valence-corrected chi connectivity index (χ2v) is 9.21. The normalized spacial score (nSPS) is 11.8. The monoisotopic (exact) mass is 478 g/mol. The second kappa shape index (κ2) is 9.92. The first kappa shape index (κ1) is 22.8. The third kappa shape index (κ3) is 6.28. The smallest absolute Gasteiger partial charge is 0.277 e. The topological polar surface area (TPSA) is 50.7 Å². The summed E-state index contributed by atoms with van der Waals surface area (Å²) in [6, 6.07) is 24.2. The Labute approximate surface area is 192 Å². The molecule has 0 atom stereocenters. The molecule has 0 radical (unpaired) electrons. The van der Waals surface area contributed by atoms with Crippen LogP contribution in [0.5, 0.6) is 5.75 Å². The van der Waals surface area contributed by atoms with Gasteiger partial charge in [0.05, 0.1) is 10.2 Å². The van der Waals surface area contributed by atoms with E-state index < -0.39 is 0 Å². The van der Waals surface area contributed by atoms with E-state index in [9.17, 15) is 4.79 Å². The number of rotatable bonds is 6. The van der Waals surface area contributed by atoms with Crippen molar-refractivity contribution in [3.05, 3.63) is 88.4 Å². The predicted octanol–water partition coefficient (Wildman–Crippen LogP) is 6.33. The van der Waals surface area contributed by atoms with Gasteiger partial charge in [-0.05, 0) is 62.7 Å². The molecule has 1 amide bonds. The largest absolute Gasteiger partial charge is 0.483 e. The van der Waals surface area contributed by atoms with Crippen LogP contribution in [0.1, 0.15) is 38.8 Å². The maximum atomic E-state index is 12.2. The average molecular weight is 479 g/mol. The Balaban J connectivity index is 1.56. The van der Waals surface area contributed by atoms with Gasteiger partial charge in [-0.15, -0.1) is 0 Å². The first-order chi connectivity index (χ1) is 14.7. The van der Waals surface area contributed by atoms with Crippen molar-refractivity contribution in [1.29, 1.82) is 0 Å². The number of amides is 1. The number of hydrazone groups is 1. The summed E-state index contributed by atoms with van der Waals surface area (Å²) in [5, 5.41) is 4.20. The Hall–Kier alpha value is -2.92. The molecule has 0 aromatic heterocycles. The average Bonchev–Trinajstić information content (AvgIpc) is 2.76. The highest BCUT2D eigenvalue weighted by Gasteiger charge is 2.15. The Bertz CT molecular complexity index is 1070. The Morgan fingerprint density at radius 3 is 2.23 bits per heavy atom. The number of halogens is 1. The number of carbonyl (C=O) groups excluding carboxylic acids is 1. The van der Waals surface area contributed by atoms with Crippen LogP contribution in [0, 0.1) is 0 Å². The lowest BCUT2D eigenvalue weighted by molar-refractivity contribution is -0.123. The highest BCUT2D eigenvalue weighted by atomic mass is 79.9. The van der Waals surface area contributed by atoms with Gasteiger partial charge in [0.15, 0.2) is 6.61 Å². The highest BCUT2D eigenvalue weighted by Crippen LogP contribution is 2.31. The van der Waals surface area contributed by atoms with Gasteiger partial charge in [-0.3, -0.25) is 4.79 Å². The number of carbonyl (C=O) groups is 1. The van der Waals surface area contributed by atoms with E-state index in [0.29, 0.717) is 5.75 Å². The number of benzene rings is 3. The summed E-state index contributed by atoms with van der Waals surface area (Å²) < 4.78 is 6.47. The predicted molar refractivity (Wildman–Crippen MR) is 131 cm³/mol. The molecule has 0 fully saturated rings. The zero-order valence-electron chi connectivity index (χ0n) is 18.3. The molecule has 0 aliphatic carbocycles. The second-order valence-electron chi connectivity index (χ2n) is 8.36. The molecule has 0 unspecified atom stereocenters. The molecule has 0 aliphatic rings. The first-order valence-corrected chi connectivity index (χ1v) is 10.9. The van der Waals surface area contributed by atoms with E-state index in [1.165, 1.54) is 5.56 Å². The van der Waals surface area contributed by atoms with E-state index in [2.05, 4.69) is 59.4 Å². The van der Waals surface area contributed by atoms with Crippen molar-refractivity contribution in [3.8, 4) is 16.9 Å². The lowest BCUT2D eigenvalue weighted by Gasteiger charge is -2.20. The van der Waals surface area contributed by atoms with Crippen LogP contribution in [0.3, 0.4) is 0 Å². The minimum Gasteiger partial charge on any atom is -0.483 e. The first-order valence-electron chi connectivity index (χ1n) is 10.2. The lowest BCUT2D eigenvalue weighted by atomic mass is 9.87. The minimum absolute atomic E-state index is 0.0456. The molecule has 160 valence electrons. The van der Waals surface area contributed by atoms with Crippen molar-refractivity contribution in [2.75, 3.05) is 6.61 Å². The molecule has 4 nitrogen and oxygen atoms in total. The van der Waals surface area contributed by atoms with Gasteiger partial charge in [0.2, 0.25) is 0 Å². The molecule has 0 spiro atoms. The van der Waals surface area contributed by atoms with Crippen molar-refractivity contribution in [1.82, 2.24) is 5.43 Å². The molecule has 5 heteroatoms. The fourth-order valence-electron chi connectivity index (χ4n) is 3.01. The van der Waals surface area contributed by atoms with Crippen LogP contribution in [-0.2, 0) is 10.2 Å². The fourth-order valence-corrected chi connectivity index (χ4v) is 3.50. The molecule has 3 rings (SSSR count). The quantitative estimate of drug-likeness (QED) is 0.332. The number of nitrogens with one attached hydrogen (secondary N) is 1. The fraction of sp³-hybridized carbons (Fsp3) is 0.231. The zero-order chi connectivity index (χ0) is 22.4. The maximum absolute atomic E-state index is 12.2. The molecule has 3 aromatic carbocycles. The molecule has 31 heavy (non-hydrogen) atoms. The molecule has 0 heterocycles. The Morgan fingerprint density at radius 2 is 1.61 bits per heavy atom. The summed E-state index contributed by atoms with van der Waals surface area (Å²) in [7, 11) is 0. The summed E-state index contributed by atoms with van der Waals surface area (Å²) in [5.74, 6) is 0.312. The molecule has 0 saturated carbocycles. The van der Waals surface area contributed by atoms with Gasteiger partial charge in [-0.1, -0.05) is 81.4 Å². The maximum Gasteiger partial charge on any atom is 0.277 e. The Morgan fingerprint density at radius 1 is 0.968 bits per heavy atom. The van der Waals surface area contributed by atoms with E-state index >= 15 is 0 Å². The van der Waals surface area contributed by atoms with Crippen LogP contribution in [0.4, 0.5) is 0 Å². The number of hydrogen-bond acceptors (Lipinski definition) is 3. The number of nitrogens with zero attached hydrogens (tertiary/aromatic N) is 1. The lowest BCUT2D eigenvalue weighted by Crippen LogP contribution is -2.25. The van der Waals surface area contributed by atoms with Gasteiger partial charge in [-0.2, -0.15) is 5.10 Å². The van der Waals surface area contributed by atoms with Gasteiger partial charge in [0.25, 0.3) is 5.91 Å². The highest BCUT2D eigenvalue weighted by molar-refractivity contribution is 9.10. The van der Waals surface area contributed by atoms with Crippen molar-refractivity contribution < 1.29 is 9.53 Å². The number of hydrogen-bond donors (Lipinski definition) is 1. The summed E-state index contributed by atoms with van der Waals surface area (Å²) in [6.07, 6.45) is 0.